The molecule has 10 heteroatoms. The van der Waals surface area contributed by atoms with E-state index in [1.165, 1.54) is 66.0 Å². The van der Waals surface area contributed by atoms with E-state index in [0.717, 1.165) is 12.8 Å². The summed E-state index contributed by atoms with van der Waals surface area (Å²) in [4.78, 5) is 20.7. The number of hydrogen-bond acceptors (Lipinski definition) is 7. The zero-order chi connectivity index (χ0) is 30.3. The fourth-order valence-corrected chi connectivity index (χ4v) is 6.26. The van der Waals surface area contributed by atoms with E-state index >= 15 is 0 Å². The van der Waals surface area contributed by atoms with Crippen molar-refractivity contribution in [1.29, 1.82) is 0 Å². The summed E-state index contributed by atoms with van der Waals surface area (Å²) in [6.45, 7) is 11.4. The van der Waals surface area contributed by atoms with Gasteiger partial charge in [-0.25, -0.2) is 23.1 Å². The Morgan fingerprint density at radius 2 is 1.57 bits per heavy atom. The van der Waals surface area contributed by atoms with E-state index < -0.39 is 15.9 Å². The van der Waals surface area contributed by atoms with Crippen molar-refractivity contribution in [2.45, 2.75) is 69.6 Å². The van der Waals surface area contributed by atoms with Crippen LogP contribution in [0.2, 0.25) is 0 Å². The molecule has 0 bridgehead atoms. The molecular formula is C32H36N4O5S. The van der Waals surface area contributed by atoms with Gasteiger partial charge in [0, 0.05) is 12.1 Å². The van der Waals surface area contributed by atoms with E-state index in [-0.39, 0.29) is 27.4 Å². The van der Waals surface area contributed by atoms with E-state index in [2.05, 4.69) is 66.8 Å². The summed E-state index contributed by atoms with van der Waals surface area (Å²) in [6.07, 6.45) is 5.61. The van der Waals surface area contributed by atoms with Crippen molar-refractivity contribution in [2.24, 2.45) is 0 Å². The molecule has 1 amide bonds. The molecule has 2 heterocycles. The monoisotopic (exact) mass is 588 g/mol. The molecule has 0 unspecified atom stereocenters. The van der Waals surface area contributed by atoms with Crippen molar-refractivity contribution in [1.82, 2.24) is 9.97 Å². The van der Waals surface area contributed by atoms with Gasteiger partial charge in [0.25, 0.3) is 15.9 Å². The number of fused-ring (bicyclic) bond motifs is 1. The molecule has 1 aliphatic carbocycles. The second-order valence-corrected chi connectivity index (χ2v) is 13.7. The predicted octanol–water partition coefficient (Wildman–Crippen LogP) is 6.38. The van der Waals surface area contributed by atoms with E-state index in [1.807, 2.05) is 6.07 Å². The zero-order valence-corrected chi connectivity index (χ0v) is 25.6. The second-order valence-electron chi connectivity index (χ2n) is 12.1. The third kappa shape index (κ3) is 6.04. The van der Waals surface area contributed by atoms with Crippen molar-refractivity contribution in [3.05, 3.63) is 94.7 Å². The first-order valence-corrected chi connectivity index (χ1v) is 15.3. The Kier molecular flexibility index (Phi) is 7.61. The molecule has 0 aliphatic heterocycles. The quantitative estimate of drug-likeness (QED) is 0.245. The number of carbonyl (C=O) groups excluding carboxylic acids is 1. The highest BCUT2D eigenvalue weighted by Gasteiger charge is 2.37. The smallest absolute Gasteiger partial charge is 0.291 e. The molecule has 1 aliphatic rings. The van der Waals surface area contributed by atoms with Gasteiger partial charge in [-0.2, -0.15) is 0 Å². The van der Waals surface area contributed by atoms with Crippen molar-refractivity contribution in [2.75, 3.05) is 17.1 Å². The van der Waals surface area contributed by atoms with Gasteiger partial charge in [-0.15, -0.1) is 0 Å². The number of methoxy groups -OCH3 is 1. The number of carbonyl (C=O) groups is 1. The van der Waals surface area contributed by atoms with E-state index in [9.17, 15) is 13.2 Å². The van der Waals surface area contributed by atoms with Gasteiger partial charge < -0.3 is 14.5 Å². The highest BCUT2D eigenvalue weighted by Crippen LogP contribution is 2.46. The number of sulfonamides is 1. The lowest BCUT2D eigenvalue weighted by Crippen LogP contribution is -2.34. The Morgan fingerprint density at radius 3 is 2.19 bits per heavy atom. The third-order valence-electron chi connectivity index (χ3n) is 8.07. The third-order valence-corrected chi connectivity index (χ3v) is 9.42. The van der Waals surface area contributed by atoms with Gasteiger partial charge in [-0.3, -0.25) is 4.79 Å². The number of hydrogen-bond donors (Lipinski definition) is 2. The number of nitrogens with zero attached hydrogens (tertiary/aromatic N) is 2. The van der Waals surface area contributed by atoms with Crippen LogP contribution in [0.4, 0.5) is 11.6 Å². The number of ether oxygens (including phenoxy) is 1. The van der Waals surface area contributed by atoms with Gasteiger partial charge in [0.05, 0.1) is 24.4 Å². The lowest BCUT2D eigenvalue weighted by atomic mass is 9.62. The average Bonchev–Trinajstić information content (AvgIpc) is 3.41. The Bertz CT molecular complexity index is 1720. The molecule has 0 atom stereocenters. The van der Waals surface area contributed by atoms with E-state index in [1.54, 1.807) is 6.07 Å². The molecule has 4 aromatic rings. The van der Waals surface area contributed by atoms with Crippen LogP contribution in [0.15, 0.2) is 70.2 Å². The Labute approximate surface area is 246 Å². The van der Waals surface area contributed by atoms with Gasteiger partial charge in [-0.05, 0) is 89.2 Å². The van der Waals surface area contributed by atoms with Crippen molar-refractivity contribution in [3.63, 3.8) is 0 Å². The van der Waals surface area contributed by atoms with Crippen LogP contribution in [0.3, 0.4) is 0 Å². The molecule has 0 spiro atoms. The first kappa shape index (κ1) is 29.3. The minimum Gasteiger partial charge on any atom is -0.494 e. The highest BCUT2D eigenvalue weighted by molar-refractivity contribution is 7.92. The molecule has 0 fully saturated rings. The number of nitrogens with one attached hydrogen (secondary N) is 2. The highest BCUT2D eigenvalue weighted by atomic mass is 32.2. The zero-order valence-electron chi connectivity index (χ0n) is 24.7. The number of furan rings is 1. The largest absolute Gasteiger partial charge is 0.494 e. The molecule has 2 aromatic carbocycles. The van der Waals surface area contributed by atoms with Crippen LogP contribution in [-0.4, -0.2) is 31.4 Å². The van der Waals surface area contributed by atoms with Crippen LogP contribution in [0, 0.1) is 6.92 Å². The lowest BCUT2D eigenvalue weighted by molar-refractivity contribution is 0.0995. The Morgan fingerprint density at radius 1 is 0.952 bits per heavy atom. The molecule has 9 nitrogen and oxygen atoms in total. The van der Waals surface area contributed by atoms with E-state index in [0.29, 0.717) is 23.6 Å². The lowest BCUT2D eigenvalue weighted by Gasteiger charge is -2.42. The van der Waals surface area contributed by atoms with Gasteiger partial charge >= 0.3 is 0 Å². The average molecular weight is 589 g/mol. The normalized spacial score (nSPS) is 15.5. The summed E-state index contributed by atoms with van der Waals surface area (Å²) in [7, 11) is -2.46. The standard InChI is InChI=1S/C32H36N4O5S/c1-20-15-26-27(32(4,5)14-13-31(26,2)3)17-21(20)16-23-9-12-28(41-23)29(37)35-22-7-10-25(11-8-22)42(38,39)36-30-33-18-24(40-6)19-34-30/h7-12,15,17-19H,13-14,16H2,1-6H3,(H,35,37)(H,33,34,36). The molecule has 0 saturated carbocycles. The number of amides is 1. The number of aryl methyl sites for hydroxylation is 1. The summed E-state index contributed by atoms with van der Waals surface area (Å²) in [5, 5.41) is 2.76. The maximum absolute atomic E-state index is 12.9. The Balaban J connectivity index is 1.26. The van der Waals surface area contributed by atoms with Gasteiger partial charge in [-0.1, -0.05) is 39.8 Å². The van der Waals surface area contributed by atoms with Crippen LogP contribution in [0.5, 0.6) is 5.75 Å². The molecule has 0 saturated heterocycles. The molecule has 2 aromatic heterocycles. The van der Waals surface area contributed by atoms with Gasteiger partial charge in [0.15, 0.2) is 11.5 Å². The van der Waals surface area contributed by atoms with Crippen LogP contribution >= 0.6 is 0 Å². The first-order valence-electron chi connectivity index (χ1n) is 13.8. The maximum Gasteiger partial charge on any atom is 0.291 e. The molecule has 5 rings (SSSR count). The molecule has 0 radical (unpaired) electrons. The maximum atomic E-state index is 12.9. The number of rotatable bonds is 8. The minimum absolute atomic E-state index is 0.00723. The van der Waals surface area contributed by atoms with Crippen LogP contribution in [0.25, 0.3) is 0 Å². The summed E-state index contributed by atoms with van der Waals surface area (Å²) >= 11 is 0. The summed E-state index contributed by atoms with van der Waals surface area (Å²) in [5.41, 5.74) is 5.89. The van der Waals surface area contributed by atoms with Crippen LogP contribution in [-0.2, 0) is 27.3 Å². The SMILES string of the molecule is COc1cnc(NS(=O)(=O)c2ccc(NC(=O)c3ccc(Cc4cc5c(cc4C)C(C)(C)CCC5(C)C)o3)cc2)nc1. The first-order chi connectivity index (χ1) is 19.8. The topological polar surface area (TPSA) is 123 Å². The Hall–Kier alpha value is -4.18. The molecule has 42 heavy (non-hydrogen) atoms. The molecular weight excluding hydrogens is 552 g/mol. The number of anilines is 2. The predicted molar refractivity (Wildman–Crippen MR) is 162 cm³/mol. The van der Waals surface area contributed by atoms with Gasteiger partial charge in [0.1, 0.15) is 5.76 Å². The van der Waals surface area contributed by atoms with E-state index in [4.69, 9.17) is 9.15 Å². The fourth-order valence-electron chi connectivity index (χ4n) is 5.30. The molecule has 2 N–H and O–H groups in total. The molecule has 220 valence electrons. The van der Waals surface area contributed by atoms with Crippen molar-refractivity contribution >= 4 is 27.6 Å². The summed E-state index contributed by atoms with van der Waals surface area (Å²) in [5.74, 6) is 0.775. The number of benzene rings is 2. The number of aromatic nitrogens is 2. The van der Waals surface area contributed by atoms with Crippen LogP contribution < -0.4 is 14.8 Å². The summed E-state index contributed by atoms with van der Waals surface area (Å²) in [6, 6.07) is 13.9. The second kappa shape index (κ2) is 10.9. The minimum atomic E-state index is -3.93. The van der Waals surface area contributed by atoms with Crippen molar-refractivity contribution < 1.29 is 22.4 Å². The summed E-state index contributed by atoms with van der Waals surface area (Å²) < 4.78 is 38.6. The van der Waals surface area contributed by atoms with Crippen molar-refractivity contribution in [3.8, 4) is 5.75 Å². The van der Waals surface area contributed by atoms with Gasteiger partial charge in [0.2, 0.25) is 5.95 Å². The fraction of sp³-hybridized carbons (Fsp3) is 0.344. The van der Waals surface area contributed by atoms with Crippen LogP contribution in [0.1, 0.15) is 79.1 Å².